The predicted octanol–water partition coefficient (Wildman–Crippen LogP) is 4.56. The SMILES string of the molecule is COc1ccc(OC)c(NC(=O)CSc2nnc(NC(=O)c3cccc(C(F)(F)F)c3)s2)c1. The normalized spacial score (nSPS) is 11.1. The van der Waals surface area contributed by atoms with E-state index in [1.807, 2.05) is 0 Å². The Morgan fingerprint density at radius 2 is 1.85 bits per heavy atom. The number of hydrogen-bond acceptors (Lipinski definition) is 8. The van der Waals surface area contributed by atoms with Gasteiger partial charge in [-0.25, -0.2) is 0 Å². The molecule has 0 radical (unpaired) electrons. The average molecular weight is 499 g/mol. The zero-order chi connectivity index (χ0) is 24.0. The standard InChI is InChI=1S/C20H17F3N4O4S2/c1-30-13-6-7-15(31-2)14(9-13)24-16(28)10-32-19-27-26-18(33-19)25-17(29)11-4-3-5-12(8-11)20(21,22)23/h3-9H,10H2,1-2H3,(H,24,28)(H,25,26,29). The second kappa shape index (κ2) is 10.5. The maximum absolute atomic E-state index is 12.8. The highest BCUT2D eigenvalue weighted by atomic mass is 32.2. The second-order valence-electron chi connectivity index (χ2n) is 6.31. The Morgan fingerprint density at radius 1 is 1.06 bits per heavy atom. The Hall–Kier alpha value is -3.32. The van der Waals surface area contributed by atoms with Crippen molar-refractivity contribution in [3.05, 3.63) is 53.6 Å². The van der Waals surface area contributed by atoms with E-state index >= 15 is 0 Å². The number of ether oxygens (including phenoxy) is 2. The molecular weight excluding hydrogens is 481 g/mol. The van der Waals surface area contributed by atoms with Crippen LogP contribution >= 0.6 is 23.1 Å². The summed E-state index contributed by atoms with van der Waals surface area (Å²) in [5, 5.41) is 12.9. The van der Waals surface area contributed by atoms with Crippen molar-refractivity contribution in [3.8, 4) is 11.5 Å². The molecule has 174 valence electrons. The van der Waals surface area contributed by atoms with Crippen LogP contribution in [0.5, 0.6) is 11.5 Å². The zero-order valence-corrected chi connectivity index (χ0v) is 18.9. The molecule has 0 spiro atoms. The molecule has 1 heterocycles. The van der Waals surface area contributed by atoms with Gasteiger partial charge >= 0.3 is 6.18 Å². The van der Waals surface area contributed by atoms with Crippen molar-refractivity contribution in [2.75, 3.05) is 30.6 Å². The minimum Gasteiger partial charge on any atom is -0.497 e. The third-order valence-electron chi connectivity index (χ3n) is 4.09. The highest BCUT2D eigenvalue weighted by Gasteiger charge is 2.31. The molecule has 0 aliphatic carbocycles. The summed E-state index contributed by atoms with van der Waals surface area (Å²) in [6.07, 6.45) is -4.56. The number of amides is 2. The van der Waals surface area contributed by atoms with Crippen molar-refractivity contribution in [3.63, 3.8) is 0 Å². The topological polar surface area (TPSA) is 102 Å². The molecule has 13 heteroatoms. The van der Waals surface area contributed by atoms with Crippen LogP contribution in [0.4, 0.5) is 24.0 Å². The van der Waals surface area contributed by atoms with Gasteiger partial charge in [0.25, 0.3) is 5.91 Å². The van der Waals surface area contributed by atoms with Gasteiger partial charge in [0.1, 0.15) is 11.5 Å². The molecule has 8 nitrogen and oxygen atoms in total. The van der Waals surface area contributed by atoms with Crippen LogP contribution in [0.2, 0.25) is 0 Å². The fourth-order valence-electron chi connectivity index (χ4n) is 2.55. The van der Waals surface area contributed by atoms with E-state index < -0.39 is 17.6 Å². The van der Waals surface area contributed by atoms with E-state index in [-0.39, 0.29) is 22.4 Å². The number of carbonyl (C=O) groups excluding carboxylic acids is 2. The predicted molar refractivity (Wildman–Crippen MR) is 118 cm³/mol. The van der Waals surface area contributed by atoms with Gasteiger partial charge in [0, 0.05) is 11.6 Å². The molecule has 33 heavy (non-hydrogen) atoms. The highest BCUT2D eigenvalue weighted by Crippen LogP contribution is 2.31. The Bertz CT molecular complexity index is 1150. The molecular formula is C20H17F3N4O4S2. The van der Waals surface area contributed by atoms with E-state index in [2.05, 4.69) is 20.8 Å². The summed E-state index contributed by atoms with van der Waals surface area (Å²) in [6.45, 7) is 0. The number of methoxy groups -OCH3 is 2. The van der Waals surface area contributed by atoms with Crippen molar-refractivity contribution >= 4 is 45.7 Å². The van der Waals surface area contributed by atoms with Gasteiger partial charge in [-0.1, -0.05) is 29.2 Å². The molecule has 3 rings (SSSR count). The van der Waals surface area contributed by atoms with Gasteiger partial charge in [-0.3, -0.25) is 14.9 Å². The molecule has 0 saturated heterocycles. The maximum atomic E-state index is 12.8. The molecule has 0 aliphatic heterocycles. The average Bonchev–Trinajstić information content (AvgIpc) is 3.24. The number of nitrogens with one attached hydrogen (secondary N) is 2. The lowest BCUT2D eigenvalue weighted by Gasteiger charge is -2.11. The van der Waals surface area contributed by atoms with Gasteiger partial charge in [0.2, 0.25) is 11.0 Å². The first-order chi connectivity index (χ1) is 15.7. The molecule has 0 aliphatic rings. The third kappa shape index (κ3) is 6.58. The van der Waals surface area contributed by atoms with E-state index in [1.54, 1.807) is 18.2 Å². The lowest BCUT2D eigenvalue weighted by atomic mass is 10.1. The van der Waals surface area contributed by atoms with Crippen LogP contribution < -0.4 is 20.1 Å². The van der Waals surface area contributed by atoms with Gasteiger partial charge in [-0.15, -0.1) is 10.2 Å². The number of alkyl halides is 3. The van der Waals surface area contributed by atoms with Crippen LogP contribution in [-0.2, 0) is 11.0 Å². The van der Waals surface area contributed by atoms with Crippen LogP contribution in [0, 0.1) is 0 Å². The van der Waals surface area contributed by atoms with Gasteiger partial charge in [0.05, 0.1) is 31.2 Å². The minimum absolute atomic E-state index is 0.00340. The number of hydrogen-bond donors (Lipinski definition) is 2. The molecule has 0 bridgehead atoms. The Morgan fingerprint density at radius 3 is 2.55 bits per heavy atom. The molecule has 0 fully saturated rings. The van der Waals surface area contributed by atoms with E-state index in [1.165, 1.54) is 20.3 Å². The Labute approximate surface area is 194 Å². The number of halogens is 3. The van der Waals surface area contributed by atoms with Crippen molar-refractivity contribution in [1.29, 1.82) is 0 Å². The molecule has 2 aromatic carbocycles. The lowest BCUT2D eigenvalue weighted by Crippen LogP contribution is -2.14. The number of anilines is 2. The van der Waals surface area contributed by atoms with E-state index in [0.29, 0.717) is 21.5 Å². The summed E-state index contributed by atoms with van der Waals surface area (Å²) >= 11 is 2.07. The molecule has 2 amide bonds. The van der Waals surface area contributed by atoms with Crippen LogP contribution in [-0.4, -0.2) is 42.0 Å². The summed E-state index contributed by atoms with van der Waals surface area (Å²) in [5.74, 6) is -0.0852. The van der Waals surface area contributed by atoms with E-state index in [9.17, 15) is 22.8 Å². The fraction of sp³-hybridized carbons (Fsp3) is 0.200. The monoisotopic (exact) mass is 498 g/mol. The molecule has 0 saturated carbocycles. The Kier molecular flexibility index (Phi) is 7.76. The number of rotatable bonds is 8. The molecule has 1 aromatic heterocycles. The number of nitrogens with zero attached hydrogens (tertiary/aromatic N) is 2. The summed E-state index contributed by atoms with van der Waals surface area (Å²) < 4.78 is 49.2. The van der Waals surface area contributed by atoms with Crippen LogP contribution in [0.1, 0.15) is 15.9 Å². The Balaban J connectivity index is 1.57. The first-order valence-corrected chi connectivity index (χ1v) is 11.0. The summed E-state index contributed by atoms with van der Waals surface area (Å²) in [7, 11) is 2.98. The van der Waals surface area contributed by atoms with E-state index in [0.717, 1.165) is 41.3 Å². The van der Waals surface area contributed by atoms with Crippen LogP contribution in [0.25, 0.3) is 0 Å². The summed E-state index contributed by atoms with van der Waals surface area (Å²) in [5.41, 5.74) is -0.656. The van der Waals surface area contributed by atoms with E-state index in [4.69, 9.17) is 9.47 Å². The van der Waals surface area contributed by atoms with Crippen molar-refractivity contribution in [2.45, 2.75) is 10.5 Å². The largest absolute Gasteiger partial charge is 0.497 e. The lowest BCUT2D eigenvalue weighted by molar-refractivity contribution is -0.137. The quantitative estimate of drug-likeness (QED) is 0.347. The van der Waals surface area contributed by atoms with Crippen LogP contribution in [0.3, 0.4) is 0 Å². The molecule has 0 atom stereocenters. The van der Waals surface area contributed by atoms with Gasteiger partial charge < -0.3 is 14.8 Å². The third-order valence-corrected chi connectivity index (χ3v) is 6.06. The smallest absolute Gasteiger partial charge is 0.416 e. The number of aromatic nitrogens is 2. The summed E-state index contributed by atoms with van der Waals surface area (Å²) in [6, 6.07) is 9.01. The van der Waals surface area contributed by atoms with Crippen molar-refractivity contribution in [1.82, 2.24) is 10.2 Å². The molecule has 2 N–H and O–H groups in total. The van der Waals surface area contributed by atoms with Gasteiger partial charge in [0.15, 0.2) is 4.34 Å². The maximum Gasteiger partial charge on any atom is 0.416 e. The summed E-state index contributed by atoms with van der Waals surface area (Å²) in [4.78, 5) is 24.6. The number of carbonyl (C=O) groups is 2. The second-order valence-corrected chi connectivity index (χ2v) is 8.51. The van der Waals surface area contributed by atoms with Crippen molar-refractivity contribution < 1.29 is 32.2 Å². The van der Waals surface area contributed by atoms with Gasteiger partial charge in [-0.2, -0.15) is 13.2 Å². The first kappa shape index (κ1) is 24.3. The number of thioether (sulfide) groups is 1. The zero-order valence-electron chi connectivity index (χ0n) is 17.2. The van der Waals surface area contributed by atoms with Crippen molar-refractivity contribution in [2.24, 2.45) is 0 Å². The van der Waals surface area contributed by atoms with Crippen LogP contribution in [0.15, 0.2) is 46.8 Å². The number of benzene rings is 2. The molecule has 0 unspecified atom stereocenters. The first-order valence-electron chi connectivity index (χ1n) is 9.16. The highest BCUT2D eigenvalue weighted by molar-refractivity contribution is 8.01. The van der Waals surface area contributed by atoms with Gasteiger partial charge in [-0.05, 0) is 30.3 Å². The fourth-order valence-corrected chi connectivity index (χ4v) is 4.10. The minimum atomic E-state index is -4.56. The molecule has 3 aromatic rings.